The normalized spacial score (nSPS) is 22.6. The summed E-state index contributed by atoms with van der Waals surface area (Å²) in [6, 6.07) is 6.00. The number of piperazine rings is 1. The molecule has 0 aromatic heterocycles. The van der Waals surface area contributed by atoms with E-state index in [0.29, 0.717) is 11.6 Å². The van der Waals surface area contributed by atoms with E-state index in [0.717, 1.165) is 31.0 Å². The van der Waals surface area contributed by atoms with E-state index in [1.54, 1.807) is 12.1 Å². The molecule has 0 amide bonds. The molecule has 5 heteroatoms. The van der Waals surface area contributed by atoms with Crippen molar-refractivity contribution < 1.29 is 9.53 Å². The van der Waals surface area contributed by atoms with Crippen LogP contribution in [-0.4, -0.2) is 50.2 Å². The number of hydrogen-bond donors (Lipinski definition) is 1. The maximum Gasteiger partial charge on any atom is 0.337 e. The van der Waals surface area contributed by atoms with Gasteiger partial charge in [-0.25, -0.2) is 4.79 Å². The van der Waals surface area contributed by atoms with Crippen LogP contribution in [0.2, 0.25) is 0 Å². The number of esters is 1. The van der Waals surface area contributed by atoms with E-state index in [1.165, 1.54) is 26.5 Å². The predicted octanol–water partition coefficient (Wildman–Crippen LogP) is 1.34. The Balaban J connectivity index is 1.84. The van der Waals surface area contributed by atoms with Crippen molar-refractivity contribution in [1.29, 1.82) is 0 Å². The first-order valence-corrected chi connectivity index (χ1v) is 7.16. The van der Waals surface area contributed by atoms with E-state index >= 15 is 0 Å². The third kappa shape index (κ3) is 2.33. The van der Waals surface area contributed by atoms with E-state index in [4.69, 9.17) is 10.5 Å². The summed E-state index contributed by atoms with van der Waals surface area (Å²) in [4.78, 5) is 16.5. The molecule has 1 unspecified atom stereocenters. The number of methoxy groups -OCH3 is 1. The lowest BCUT2D eigenvalue weighted by atomic mass is 10.1. The quantitative estimate of drug-likeness (QED) is 0.652. The number of hydrogen-bond acceptors (Lipinski definition) is 5. The fourth-order valence-corrected chi connectivity index (χ4v) is 3.27. The summed E-state index contributed by atoms with van der Waals surface area (Å²) in [6.07, 6.45) is 2.54. The molecule has 1 aromatic carbocycles. The van der Waals surface area contributed by atoms with E-state index in [2.05, 4.69) is 9.80 Å². The van der Waals surface area contributed by atoms with Crippen molar-refractivity contribution >= 4 is 17.3 Å². The maximum absolute atomic E-state index is 11.7. The molecule has 0 bridgehead atoms. The van der Waals surface area contributed by atoms with Gasteiger partial charge in [0.15, 0.2) is 0 Å². The Labute approximate surface area is 119 Å². The lowest BCUT2D eigenvalue weighted by Gasteiger charge is -2.39. The van der Waals surface area contributed by atoms with Gasteiger partial charge >= 0.3 is 5.97 Å². The van der Waals surface area contributed by atoms with Crippen LogP contribution in [0.5, 0.6) is 0 Å². The second-order valence-electron chi connectivity index (χ2n) is 5.54. The zero-order valence-corrected chi connectivity index (χ0v) is 11.8. The summed E-state index contributed by atoms with van der Waals surface area (Å²) in [7, 11) is 1.40. The molecule has 1 aromatic rings. The van der Waals surface area contributed by atoms with Crippen LogP contribution in [0.3, 0.4) is 0 Å². The Kier molecular flexibility index (Phi) is 3.53. The second-order valence-corrected chi connectivity index (χ2v) is 5.54. The van der Waals surface area contributed by atoms with Crippen LogP contribution in [0.1, 0.15) is 23.2 Å². The monoisotopic (exact) mass is 275 g/mol. The number of carbonyl (C=O) groups excluding carboxylic acids is 1. The van der Waals surface area contributed by atoms with Crippen molar-refractivity contribution in [3.8, 4) is 0 Å². The highest BCUT2D eigenvalue weighted by Crippen LogP contribution is 2.30. The molecule has 3 rings (SSSR count). The standard InChI is InChI=1S/C15H21N3O2/c1-20-15(19)11-4-5-13(16)14(9-11)18-8-7-17-6-2-3-12(17)10-18/h4-5,9,12H,2-3,6-8,10,16H2,1H3. The Hall–Kier alpha value is -1.75. The van der Waals surface area contributed by atoms with Crippen molar-refractivity contribution in [2.45, 2.75) is 18.9 Å². The van der Waals surface area contributed by atoms with Crippen LogP contribution < -0.4 is 10.6 Å². The number of carbonyl (C=O) groups is 1. The molecule has 5 nitrogen and oxygen atoms in total. The smallest absolute Gasteiger partial charge is 0.337 e. The molecule has 20 heavy (non-hydrogen) atoms. The summed E-state index contributed by atoms with van der Waals surface area (Å²) in [5.74, 6) is -0.314. The van der Waals surface area contributed by atoms with Crippen LogP contribution in [-0.2, 0) is 4.74 Å². The average molecular weight is 275 g/mol. The second kappa shape index (κ2) is 5.32. The predicted molar refractivity (Wildman–Crippen MR) is 79.0 cm³/mol. The van der Waals surface area contributed by atoms with E-state index < -0.39 is 0 Å². The Morgan fingerprint density at radius 3 is 3.00 bits per heavy atom. The molecular formula is C15H21N3O2. The lowest BCUT2D eigenvalue weighted by Crippen LogP contribution is -2.50. The molecule has 2 N–H and O–H groups in total. The van der Waals surface area contributed by atoms with Gasteiger partial charge in [-0.3, -0.25) is 4.90 Å². The lowest BCUT2D eigenvalue weighted by molar-refractivity contribution is 0.0601. The van der Waals surface area contributed by atoms with Crippen molar-refractivity contribution in [3.05, 3.63) is 23.8 Å². The number of nitrogens with zero attached hydrogens (tertiary/aromatic N) is 2. The third-order valence-electron chi connectivity index (χ3n) is 4.38. The Morgan fingerprint density at radius 2 is 2.20 bits per heavy atom. The number of nitrogens with two attached hydrogens (primary N) is 1. The zero-order chi connectivity index (χ0) is 14.1. The van der Waals surface area contributed by atoms with Crippen molar-refractivity contribution in [2.24, 2.45) is 0 Å². The third-order valence-corrected chi connectivity index (χ3v) is 4.38. The molecule has 0 spiro atoms. The molecule has 2 saturated heterocycles. The van der Waals surface area contributed by atoms with Crippen LogP contribution in [0.25, 0.3) is 0 Å². The first-order chi connectivity index (χ1) is 9.69. The van der Waals surface area contributed by atoms with Crippen molar-refractivity contribution in [2.75, 3.05) is 43.9 Å². The fourth-order valence-electron chi connectivity index (χ4n) is 3.27. The largest absolute Gasteiger partial charge is 0.465 e. The molecule has 2 aliphatic heterocycles. The highest BCUT2D eigenvalue weighted by Gasteiger charge is 2.31. The van der Waals surface area contributed by atoms with E-state index in [-0.39, 0.29) is 5.97 Å². The first kappa shape index (κ1) is 13.2. The van der Waals surface area contributed by atoms with E-state index in [1.807, 2.05) is 6.07 Å². The minimum absolute atomic E-state index is 0.314. The molecule has 2 heterocycles. The van der Waals surface area contributed by atoms with E-state index in [9.17, 15) is 4.79 Å². The maximum atomic E-state index is 11.7. The molecule has 2 fully saturated rings. The topological polar surface area (TPSA) is 58.8 Å². The van der Waals surface area contributed by atoms with Crippen LogP contribution >= 0.6 is 0 Å². The minimum Gasteiger partial charge on any atom is -0.465 e. The van der Waals surface area contributed by atoms with Gasteiger partial charge in [-0.1, -0.05) is 0 Å². The zero-order valence-electron chi connectivity index (χ0n) is 11.8. The molecule has 0 aliphatic carbocycles. The van der Waals surface area contributed by atoms with Gasteiger partial charge in [-0.2, -0.15) is 0 Å². The number of fused-ring (bicyclic) bond motifs is 1. The van der Waals surface area contributed by atoms with Gasteiger partial charge in [0.25, 0.3) is 0 Å². The first-order valence-electron chi connectivity index (χ1n) is 7.16. The van der Waals surface area contributed by atoms with Gasteiger partial charge in [-0.05, 0) is 37.6 Å². The molecular weight excluding hydrogens is 254 g/mol. The highest BCUT2D eigenvalue weighted by molar-refractivity contribution is 5.92. The van der Waals surface area contributed by atoms with Crippen LogP contribution in [0.4, 0.5) is 11.4 Å². The molecule has 0 radical (unpaired) electrons. The summed E-state index contributed by atoms with van der Waals surface area (Å²) in [6.45, 7) is 4.25. The minimum atomic E-state index is -0.314. The fraction of sp³-hybridized carbons (Fsp3) is 0.533. The molecule has 0 saturated carbocycles. The van der Waals surface area contributed by atoms with Gasteiger partial charge in [0.05, 0.1) is 24.0 Å². The number of nitrogen functional groups attached to an aromatic ring is 1. The average Bonchev–Trinajstić information content (AvgIpc) is 2.94. The number of ether oxygens (including phenoxy) is 1. The van der Waals surface area contributed by atoms with Gasteiger partial charge in [0, 0.05) is 25.7 Å². The van der Waals surface area contributed by atoms with Gasteiger partial charge < -0.3 is 15.4 Å². The van der Waals surface area contributed by atoms with Crippen LogP contribution in [0.15, 0.2) is 18.2 Å². The molecule has 1 atom stereocenters. The van der Waals surface area contributed by atoms with Gasteiger partial charge in [0.2, 0.25) is 0 Å². The molecule has 2 aliphatic rings. The van der Waals surface area contributed by atoms with Crippen LogP contribution in [0, 0.1) is 0 Å². The molecule has 108 valence electrons. The summed E-state index contributed by atoms with van der Waals surface area (Å²) in [5, 5.41) is 0. The Bertz CT molecular complexity index is 518. The highest BCUT2D eigenvalue weighted by atomic mass is 16.5. The van der Waals surface area contributed by atoms with Crippen molar-refractivity contribution in [1.82, 2.24) is 4.90 Å². The van der Waals surface area contributed by atoms with Crippen molar-refractivity contribution in [3.63, 3.8) is 0 Å². The van der Waals surface area contributed by atoms with Gasteiger partial charge in [-0.15, -0.1) is 0 Å². The summed E-state index contributed by atoms with van der Waals surface area (Å²) >= 11 is 0. The SMILES string of the molecule is COC(=O)c1ccc(N)c(N2CCN3CCCC3C2)c1. The number of rotatable bonds is 2. The van der Waals surface area contributed by atoms with Gasteiger partial charge in [0.1, 0.15) is 0 Å². The number of anilines is 2. The Morgan fingerprint density at radius 1 is 1.35 bits per heavy atom. The summed E-state index contributed by atoms with van der Waals surface area (Å²) < 4.78 is 4.78. The number of benzene rings is 1. The summed E-state index contributed by atoms with van der Waals surface area (Å²) in [5.41, 5.74) is 8.34.